The van der Waals surface area contributed by atoms with Crippen LogP contribution in [-0.4, -0.2) is 53.9 Å². The van der Waals surface area contributed by atoms with Crippen LogP contribution in [0.15, 0.2) is 34.2 Å². The standard InChI is InChI=1S/C18H25N5O3S/c1-4-22(5-2)10-11-23-16(25)13-8-6-7-9-14(13)20-18(23)27-12-15(24)21-17(26)19-3/h6-9H,4-5,10-12H2,1-3H3,(H2,19,21,24,26)/p+1. The number of nitrogens with one attached hydrogen (secondary N) is 3. The molecule has 1 aromatic carbocycles. The highest BCUT2D eigenvalue weighted by Crippen LogP contribution is 2.17. The summed E-state index contributed by atoms with van der Waals surface area (Å²) in [5, 5.41) is 5.59. The van der Waals surface area contributed by atoms with E-state index in [2.05, 4.69) is 29.5 Å². The SMILES string of the molecule is CC[NH+](CC)CCn1c(SCC(=O)NC(=O)NC)nc2ccccc2c1=O. The zero-order valence-corrected chi connectivity index (χ0v) is 16.7. The van der Waals surface area contributed by atoms with E-state index < -0.39 is 11.9 Å². The summed E-state index contributed by atoms with van der Waals surface area (Å²) in [7, 11) is 1.44. The molecule has 1 aromatic heterocycles. The summed E-state index contributed by atoms with van der Waals surface area (Å²) in [6, 6.07) is 6.62. The molecular weight excluding hydrogens is 366 g/mol. The Morgan fingerprint density at radius 3 is 2.59 bits per heavy atom. The maximum absolute atomic E-state index is 12.9. The van der Waals surface area contributed by atoms with Gasteiger partial charge in [-0.1, -0.05) is 23.9 Å². The third-order valence-electron chi connectivity index (χ3n) is 4.33. The number of likely N-dealkylation sites (N-methyl/N-ethyl adjacent to an activating group) is 1. The van der Waals surface area contributed by atoms with Gasteiger partial charge >= 0.3 is 6.03 Å². The van der Waals surface area contributed by atoms with E-state index in [4.69, 9.17) is 0 Å². The lowest BCUT2D eigenvalue weighted by molar-refractivity contribution is -0.897. The van der Waals surface area contributed by atoms with Gasteiger partial charge in [0.1, 0.15) is 0 Å². The molecule has 0 aliphatic rings. The van der Waals surface area contributed by atoms with Crippen molar-refractivity contribution in [2.75, 3.05) is 32.4 Å². The molecule has 0 radical (unpaired) electrons. The second-order valence-corrected chi connectivity index (χ2v) is 6.93. The summed E-state index contributed by atoms with van der Waals surface area (Å²) >= 11 is 1.15. The monoisotopic (exact) mass is 392 g/mol. The van der Waals surface area contributed by atoms with Crippen LogP contribution in [0.25, 0.3) is 10.9 Å². The second kappa shape index (κ2) is 10.1. The average molecular weight is 393 g/mol. The van der Waals surface area contributed by atoms with Gasteiger partial charge in [0.2, 0.25) is 5.91 Å². The molecule has 27 heavy (non-hydrogen) atoms. The fourth-order valence-electron chi connectivity index (χ4n) is 2.68. The molecule has 0 unspecified atom stereocenters. The van der Waals surface area contributed by atoms with Gasteiger partial charge in [0.25, 0.3) is 5.56 Å². The number of rotatable bonds is 8. The van der Waals surface area contributed by atoms with Gasteiger partial charge in [-0.05, 0) is 26.0 Å². The van der Waals surface area contributed by atoms with Crippen molar-refractivity contribution in [2.24, 2.45) is 0 Å². The number of aromatic nitrogens is 2. The molecule has 0 spiro atoms. The summed E-state index contributed by atoms with van der Waals surface area (Å²) < 4.78 is 1.63. The first-order chi connectivity index (χ1) is 13.0. The van der Waals surface area contributed by atoms with Crippen LogP contribution in [0.3, 0.4) is 0 Å². The highest BCUT2D eigenvalue weighted by atomic mass is 32.2. The van der Waals surface area contributed by atoms with Gasteiger partial charge in [-0.15, -0.1) is 0 Å². The van der Waals surface area contributed by atoms with Crippen molar-refractivity contribution in [3.63, 3.8) is 0 Å². The molecule has 1 heterocycles. The van der Waals surface area contributed by atoms with Gasteiger partial charge in [0.15, 0.2) is 5.16 Å². The Labute approximate surface area is 162 Å². The van der Waals surface area contributed by atoms with Crippen LogP contribution in [0.4, 0.5) is 4.79 Å². The third kappa shape index (κ3) is 5.54. The van der Waals surface area contributed by atoms with E-state index in [0.29, 0.717) is 22.6 Å². The molecule has 9 heteroatoms. The summed E-state index contributed by atoms with van der Waals surface area (Å²) in [5.41, 5.74) is 0.490. The molecule has 0 saturated carbocycles. The minimum Gasteiger partial charge on any atom is -0.341 e. The van der Waals surface area contributed by atoms with Gasteiger partial charge in [-0.2, -0.15) is 0 Å². The van der Waals surface area contributed by atoms with Crippen LogP contribution >= 0.6 is 11.8 Å². The van der Waals surface area contributed by atoms with E-state index in [0.717, 1.165) is 31.4 Å². The average Bonchev–Trinajstić information content (AvgIpc) is 2.68. The Balaban J connectivity index is 2.28. The fraction of sp³-hybridized carbons (Fsp3) is 0.444. The Bertz CT molecular complexity index is 864. The molecule has 2 rings (SSSR count). The van der Waals surface area contributed by atoms with Crippen molar-refractivity contribution >= 4 is 34.6 Å². The molecule has 0 atom stereocenters. The lowest BCUT2D eigenvalue weighted by Crippen LogP contribution is -3.11. The number of thioether (sulfide) groups is 1. The smallest absolute Gasteiger partial charge is 0.321 e. The van der Waals surface area contributed by atoms with E-state index in [1.54, 1.807) is 16.7 Å². The molecule has 8 nitrogen and oxygen atoms in total. The minimum absolute atomic E-state index is 0.00364. The number of fused-ring (bicyclic) bond motifs is 1. The third-order valence-corrected chi connectivity index (χ3v) is 5.30. The minimum atomic E-state index is -0.561. The topological polar surface area (TPSA) is 97.5 Å². The lowest BCUT2D eigenvalue weighted by atomic mass is 10.2. The highest BCUT2D eigenvalue weighted by Gasteiger charge is 2.15. The molecule has 3 amide bonds. The van der Waals surface area contributed by atoms with Gasteiger partial charge in [0.05, 0.1) is 42.8 Å². The van der Waals surface area contributed by atoms with Crippen molar-refractivity contribution < 1.29 is 14.5 Å². The van der Waals surface area contributed by atoms with Crippen molar-refractivity contribution in [3.8, 4) is 0 Å². The number of quaternary nitrogens is 1. The maximum Gasteiger partial charge on any atom is 0.321 e. The Morgan fingerprint density at radius 1 is 1.22 bits per heavy atom. The summed E-state index contributed by atoms with van der Waals surface area (Å²) in [6.45, 7) is 7.49. The molecule has 0 aliphatic heterocycles. The van der Waals surface area contributed by atoms with Crippen LogP contribution in [0.2, 0.25) is 0 Å². The number of carbonyl (C=O) groups excluding carboxylic acids is 2. The van der Waals surface area contributed by atoms with Gasteiger partial charge < -0.3 is 10.2 Å². The quantitative estimate of drug-likeness (QED) is 0.429. The van der Waals surface area contributed by atoms with Crippen molar-refractivity contribution in [3.05, 3.63) is 34.6 Å². The summed E-state index contributed by atoms with van der Waals surface area (Å²) in [5.74, 6) is -0.446. The lowest BCUT2D eigenvalue weighted by Gasteiger charge is -2.18. The molecule has 2 aromatic rings. The Morgan fingerprint density at radius 2 is 1.93 bits per heavy atom. The first-order valence-corrected chi connectivity index (χ1v) is 9.96. The van der Waals surface area contributed by atoms with Crippen molar-refractivity contribution in [1.82, 2.24) is 20.2 Å². The van der Waals surface area contributed by atoms with Crippen LogP contribution in [0, 0.1) is 0 Å². The van der Waals surface area contributed by atoms with E-state index >= 15 is 0 Å². The van der Waals surface area contributed by atoms with E-state index in [1.807, 2.05) is 12.1 Å². The number of hydrogen-bond acceptors (Lipinski definition) is 5. The number of amides is 3. The second-order valence-electron chi connectivity index (χ2n) is 5.99. The normalized spacial score (nSPS) is 11.0. The zero-order valence-electron chi connectivity index (χ0n) is 15.9. The fourth-order valence-corrected chi connectivity index (χ4v) is 3.51. The number of imide groups is 1. The Kier molecular flexibility index (Phi) is 7.81. The predicted octanol–water partition coefficient (Wildman–Crippen LogP) is -0.131. The van der Waals surface area contributed by atoms with Gasteiger partial charge in [-0.3, -0.25) is 19.5 Å². The highest BCUT2D eigenvalue weighted by molar-refractivity contribution is 7.99. The van der Waals surface area contributed by atoms with Crippen LogP contribution in [0.1, 0.15) is 13.8 Å². The number of para-hydroxylation sites is 1. The number of nitrogens with zero attached hydrogens (tertiary/aromatic N) is 2. The number of hydrogen-bond donors (Lipinski definition) is 3. The largest absolute Gasteiger partial charge is 0.341 e. The van der Waals surface area contributed by atoms with Gasteiger partial charge in [-0.25, -0.2) is 9.78 Å². The number of carbonyl (C=O) groups is 2. The van der Waals surface area contributed by atoms with E-state index in [9.17, 15) is 14.4 Å². The van der Waals surface area contributed by atoms with Crippen molar-refractivity contribution in [2.45, 2.75) is 25.5 Å². The summed E-state index contributed by atoms with van der Waals surface area (Å²) in [6.07, 6.45) is 0. The first kappa shape index (κ1) is 20.9. The first-order valence-electron chi connectivity index (χ1n) is 8.97. The molecule has 0 aliphatic carbocycles. The van der Waals surface area contributed by atoms with Gasteiger partial charge in [0, 0.05) is 7.05 Å². The molecular formula is C18H26N5O3S+. The molecule has 0 fully saturated rings. The van der Waals surface area contributed by atoms with Crippen LogP contribution < -0.4 is 21.1 Å². The number of urea groups is 1. The molecule has 0 bridgehead atoms. The maximum atomic E-state index is 12.9. The van der Waals surface area contributed by atoms with Crippen molar-refractivity contribution in [1.29, 1.82) is 0 Å². The predicted molar refractivity (Wildman–Crippen MR) is 106 cm³/mol. The molecule has 3 N–H and O–H groups in total. The zero-order chi connectivity index (χ0) is 19.8. The molecule has 146 valence electrons. The van der Waals surface area contributed by atoms with E-state index in [-0.39, 0.29) is 11.3 Å². The number of benzene rings is 1. The van der Waals surface area contributed by atoms with Crippen LogP contribution in [0.5, 0.6) is 0 Å². The van der Waals surface area contributed by atoms with E-state index in [1.165, 1.54) is 11.9 Å². The Hall–Kier alpha value is -2.39. The summed E-state index contributed by atoms with van der Waals surface area (Å²) in [4.78, 5) is 42.0. The van der Waals surface area contributed by atoms with Crippen LogP contribution in [-0.2, 0) is 11.3 Å². The molecule has 0 saturated heterocycles.